The highest BCUT2D eigenvalue weighted by atomic mass is 35.5. The van der Waals surface area contributed by atoms with Gasteiger partial charge in [0.25, 0.3) is 17.4 Å². The van der Waals surface area contributed by atoms with Crippen molar-refractivity contribution >= 4 is 34.4 Å². The van der Waals surface area contributed by atoms with Crippen LogP contribution >= 0.6 is 11.6 Å². The number of hydrogen-bond donors (Lipinski definition) is 1. The molecule has 2 saturated heterocycles. The van der Waals surface area contributed by atoms with E-state index >= 15 is 0 Å². The molecule has 0 radical (unpaired) electrons. The molecule has 9 heteroatoms. The van der Waals surface area contributed by atoms with Gasteiger partial charge in [0.15, 0.2) is 0 Å². The van der Waals surface area contributed by atoms with E-state index in [-0.39, 0.29) is 34.0 Å². The van der Waals surface area contributed by atoms with E-state index in [1.54, 1.807) is 34.2 Å². The molecule has 1 aromatic carbocycles. The van der Waals surface area contributed by atoms with Gasteiger partial charge in [0.1, 0.15) is 17.0 Å². The standard InChI is InChI=1S/C23H20ClFN4O3/c24-15-5-6-16(18(25)10-15)22(31)28-11-14-4-2-8-29(19(14)12-28)23(32)17-9-13-3-1-7-26-20(13)27-21(17)30/h1,3,5-7,9-10,14,19H,2,4,8,11-12H2,(H,26,27,30)/t14-,19+/m1/s1. The third kappa shape index (κ3) is 3.54. The second kappa shape index (κ2) is 8.02. The number of H-pyrrole nitrogens is 1. The molecule has 0 unspecified atom stereocenters. The SMILES string of the molecule is O=C(c1ccc(Cl)cc1F)N1C[C@H]2CCCN(C(=O)c3cc4cccnc4[nH]c3=O)[C@H]2C1. The van der Waals surface area contributed by atoms with Crippen LogP contribution < -0.4 is 5.56 Å². The Labute approximate surface area is 187 Å². The smallest absolute Gasteiger partial charge is 0.262 e. The van der Waals surface area contributed by atoms with Gasteiger partial charge in [-0.1, -0.05) is 11.6 Å². The van der Waals surface area contributed by atoms with Crippen molar-refractivity contribution in [2.45, 2.75) is 18.9 Å². The lowest BCUT2D eigenvalue weighted by molar-refractivity contribution is 0.0562. The molecule has 32 heavy (non-hydrogen) atoms. The number of piperidine rings is 1. The van der Waals surface area contributed by atoms with Crippen LogP contribution in [0, 0.1) is 11.7 Å². The molecule has 1 N–H and O–H groups in total. The van der Waals surface area contributed by atoms with Crippen molar-refractivity contribution in [3.05, 3.63) is 74.9 Å². The van der Waals surface area contributed by atoms with Gasteiger partial charge in [0.05, 0.1) is 11.6 Å². The van der Waals surface area contributed by atoms with E-state index in [1.165, 1.54) is 12.1 Å². The fraction of sp³-hybridized carbons (Fsp3) is 0.304. The number of likely N-dealkylation sites (tertiary alicyclic amines) is 2. The molecule has 2 aliphatic rings. The minimum absolute atomic E-state index is 0.0376. The van der Waals surface area contributed by atoms with Crippen LogP contribution in [0.25, 0.3) is 11.0 Å². The Balaban J connectivity index is 1.41. The van der Waals surface area contributed by atoms with Gasteiger partial charge in [-0.15, -0.1) is 0 Å². The lowest BCUT2D eigenvalue weighted by Crippen LogP contribution is -2.49. The number of halogens is 2. The van der Waals surface area contributed by atoms with E-state index in [0.717, 1.165) is 18.9 Å². The lowest BCUT2D eigenvalue weighted by atomic mass is 9.91. The average Bonchev–Trinajstić information content (AvgIpc) is 3.22. The molecular weight excluding hydrogens is 435 g/mol. The van der Waals surface area contributed by atoms with E-state index in [9.17, 15) is 18.8 Å². The van der Waals surface area contributed by atoms with Gasteiger partial charge in [0.2, 0.25) is 0 Å². The molecule has 5 rings (SSSR count). The number of carbonyl (C=O) groups excluding carboxylic acids is 2. The molecule has 7 nitrogen and oxygen atoms in total. The van der Waals surface area contributed by atoms with Crippen LogP contribution in [0.5, 0.6) is 0 Å². The van der Waals surface area contributed by atoms with Crippen LogP contribution in [0.1, 0.15) is 33.6 Å². The number of aromatic nitrogens is 2. The van der Waals surface area contributed by atoms with Crippen molar-refractivity contribution in [1.82, 2.24) is 19.8 Å². The van der Waals surface area contributed by atoms with Gasteiger partial charge in [-0.3, -0.25) is 14.4 Å². The minimum Gasteiger partial charge on any atom is -0.336 e. The van der Waals surface area contributed by atoms with Gasteiger partial charge in [-0.25, -0.2) is 9.37 Å². The van der Waals surface area contributed by atoms with Crippen LogP contribution in [0.15, 0.2) is 47.4 Å². The minimum atomic E-state index is -0.665. The first-order valence-corrected chi connectivity index (χ1v) is 10.8. The number of pyridine rings is 2. The second-order valence-corrected chi connectivity index (χ2v) is 8.69. The number of carbonyl (C=O) groups is 2. The molecule has 2 amide bonds. The Morgan fingerprint density at radius 3 is 2.78 bits per heavy atom. The molecule has 2 fully saturated rings. The number of amides is 2. The molecule has 2 aromatic heterocycles. The molecule has 4 heterocycles. The van der Waals surface area contributed by atoms with E-state index < -0.39 is 17.3 Å². The summed E-state index contributed by atoms with van der Waals surface area (Å²) in [6, 6.07) is 8.85. The highest BCUT2D eigenvalue weighted by Gasteiger charge is 2.43. The zero-order valence-electron chi connectivity index (χ0n) is 17.1. The van der Waals surface area contributed by atoms with Crippen molar-refractivity contribution in [2.75, 3.05) is 19.6 Å². The summed E-state index contributed by atoms with van der Waals surface area (Å²) in [5.74, 6) is -1.37. The molecular formula is C23H20ClFN4O3. The fourth-order valence-electron chi connectivity index (χ4n) is 4.78. The third-order valence-corrected chi connectivity index (χ3v) is 6.57. The average molecular weight is 455 g/mol. The maximum atomic E-state index is 14.3. The number of nitrogens with zero attached hydrogens (tertiary/aromatic N) is 3. The van der Waals surface area contributed by atoms with Crippen LogP contribution in [0.4, 0.5) is 4.39 Å². The highest BCUT2D eigenvalue weighted by molar-refractivity contribution is 6.30. The Kier molecular flexibility index (Phi) is 5.17. The van der Waals surface area contributed by atoms with Gasteiger partial charge in [-0.2, -0.15) is 0 Å². The van der Waals surface area contributed by atoms with Crippen molar-refractivity contribution in [3.8, 4) is 0 Å². The van der Waals surface area contributed by atoms with Gasteiger partial charge in [-0.05, 0) is 55.2 Å². The summed E-state index contributed by atoms with van der Waals surface area (Å²) in [4.78, 5) is 48.9. The van der Waals surface area contributed by atoms with E-state index in [0.29, 0.717) is 30.7 Å². The molecule has 2 atom stereocenters. The largest absolute Gasteiger partial charge is 0.336 e. The molecule has 0 saturated carbocycles. The van der Waals surface area contributed by atoms with Crippen LogP contribution in [-0.4, -0.2) is 57.3 Å². The summed E-state index contributed by atoms with van der Waals surface area (Å²) >= 11 is 5.80. The first-order chi connectivity index (χ1) is 15.4. The molecule has 164 valence electrons. The molecule has 2 aliphatic heterocycles. The Hall–Kier alpha value is -3.26. The summed E-state index contributed by atoms with van der Waals surface area (Å²) in [6.07, 6.45) is 3.21. The quantitative estimate of drug-likeness (QED) is 0.644. The highest BCUT2D eigenvalue weighted by Crippen LogP contribution is 2.32. The number of nitrogens with one attached hydrogen (secondary N) is 1. The number of aromatic amines is 1. The van der Waals surface area contributed by atoms with Gasteiger partial charge in [0, 0.05) is 36.2 Å². The normalized spacial score (nSPS) is 20.4. The van der Waals surface area contributed by atoms with Gasteiger partial charge >= 0.3 is 0 Å². The Morgan fingerprint density at radius 2 is 1.97 bits per heavy atom. The molecule has 0 spiro atoms. The first kappa shape index (κ1) is 20.6. The number of benzene rings is 1. The van der Waals surface area contributed by atoms with Crippen LogP contribution in [0.3, 0.4) is 0 Å². The van der Waals surface area contributed by atoms with Crippen LogP contribution in [0.2, 0.25) is 5.02 Å². The van der Waals surface area contributed by atoms with Crippen molar-refractivity contribution in [2.24, 2.45) is 5.92 Å². The Morgan fingerprint density at radius 1 is 1.12 bits per heavy atom. The van der Waals surface area contributed by atoms with E-state index in [2.05, 4.69) is 9.97 Å². The third-order valence-electron chi connectivity index (χ3n) is 6.34. The van der Waals surface area contributed by atoms with Crippen LogP contribution in [-0.2, 0) is 0 Å². The lowest BCUT2D eigenvalue weighted by Gasteiger charge is -2.36. The molecule has 0 bridgehead atoms. The molecule has 3 aromatic rings. The topological polar surface area (TPSA) is 86.4 Å². The van der Waals surface area contributed by atoms with Gasteiger partial charge < -0.3 is 14.8 Å². The zero-order chi connectivity index (χ0) is 22.4. The summed E-state index contributed by atoms with van der Waals surface area (Å²) in [5.41, 5.74) is -0.0465. The maximum absolute atomic E-state index is 14.3. The summed E-state index contributed by atoms with van der Waals surface area (Å²) in [6.45, 7) is 1.24. The fourth-order valence-corrected chi connectivity index (χ4v) is 4.94. The number of rotatable bonds is 2. The van der Waals surface area contributed by atoms with E-state index in [1.807, 2.05) is 0 Å². The Bertz CT molecular complexity index is 1290. The van der Waals surface area contributed by atoms with Crippen molar-refractivity contribution in [3.63, 3.8) is 0 Å². The monoisotopic (exact) mass is 454 g/mol. The van der Waals surface area contributed by atoms with E-state index in [4.69, 9.17) is 11.6 Å². The zero-order valence-corrected chi connectivity index (χ0v) is 17.8. The molecule has 0 aliphatic carbocycles. The predicted molar refractivity (Wildman–Crippen MR) is 117 cm³/mol. The summed E-state index contributed by atoms with van der Waals surface area (Å²) in [5, 5.41) is 0.896. The second-order valence-electron chi connectivity index (χ2n) is 8.26. The maximum Gasteiger partial charge on any atom is 0.262 e. The number of hydrogen-bond acceptors (Lipinski definition) is 4. The predicted octanol–water partition coefficient (Wildman–Crippen LogP) is 3.09. The van der Waals surface area contributed by atoms with Crippen molar-refractivity contribution < 1.29 is 14.0 Å². The van der Waals surface area contributed by atoms with Crippen molar-refractivity contribution in [1.29, 1.82) is 0 Å². The number of fused-ring (bicyclic) bond motifs is 2. The first-order valence-electron chi connectivity index (χ1n) is 10.5. The summed E-state index contributed by atoms with van der Waals surface area (Å²) in [7, 11) is 0. The summed E-state index contributed by atoms with van der Waals surface area (Å²) < 4.78 is 14.3.